The molecule has 0 aromatic rings. The lowest BCUT2D eigenvalue weighted by Crippen LogP contribution is -2.22. The van der Waals surface area contributed by atoms with E-state index >= 15 is 0 Å². The number of rotatable bonds is 11. The van der Waals surface area contributed by atoms with Crippen LogP contribution in [0, 0.1) is 11.8 Å². The average molecular weight is 240 g/mol. The van der Waals surface area contributed by atoms with E-state index in [0.717, 1.165) is 6.42 Å². The Kier molecular flexibility index (Phi) is 10.6. The molecule has 0 N–H and O–H groups in total. The molecule has 0 heterocycles. The van der Waals surface area contributed by atoms with Crippen LogP contribution in [0.25, 0.3) is 0 Å². The predicted molar refractivity (Wildman–Crippen MR) is 76.2 cm³/mol. The number of ketones is 1. The first kappa shape index (κ1) is 16.7. The maximum atomic E-state index is 11.8. The number of hydrogen-bond acceptors (Lipinski definition) is 1. The first-order valence-electron chi connectivity index (χ1n) is 7.67. The van der Waals surface area contributed by atoms with Gasteiger partial charge in [0.15, 0.2) is 0 Å². The molecule has 0 aliphatic carbocycles. The topological polar surface area (TPSA) is 17.1 Å². The van der Waals surface area contributed by atoms with Gasteiger partial charge in [-0.05, 0) is 32.1 Å². The highest BCUT2D eigenvalue weighted by atomic mass is 16.1. The van der Waals surface area contributed by atoms with Crippen molar-refractivity contribution in [2.45, 2.75) is 85.5 Å². The van der Waals surface area contributed by atoms with Gasteiger partial charge in [0.25, 0.3) is 0 Å². The predicted octanol–water partition coefficient (Wildman–Crippen LogP) is 5.38. The third-order valence-electron chi connectivity index (χ3n) is 3.82. The highest BCUT2D eigenvalue weighted by molar-refractivity contribution is 5.78. The normalized spacial score (nSPS) is 13.0. The van der Waals surface area contributed by atoms with Crippen LogP contribution < -0.4 is 0 Å². The fraction of sp³-hybridized carbons (Fsp3) is 0.938. The lowest BCUT2D eigenvalue weighted by atomic mass is 9.79. The number of hydrogen-bond donors (Lipinski definition) is 0. The van der Waals surface area contributed by atoms with Crippen LogP contribution >= 0.6 is 0 Å². The Balaban J connectivity index is 4.37. The molecule has 0 aromatic carbocycles. The molecule has 0 aromatic heterocycles. The molecular formula is C16H32O. The molecule has 1 nitrogen and oxygen atoms in total. The van der Waals surface area contributed by atoms with E-state index in [9.17, 15) is 4.79 Å². The second-order valence-corrected chi connectivity index (χ2v) is 5.40. The molecule has 0 saturated carbocycles. The molecule has 102 valence electrons. The van der Waals surface area contributed by atoms with Gasteiger partial charge in [0.1, 0.15) is 5.78 Å². The summed E-state index contributed by atoms with van der Waals surface area (Å²) in [5.74, 6) is 1.42. The summed E-state index contributed by atoms with van der Waals surface area (Å²) in [6.45, 7) is 8.49. The second-order valence-electron chi connectivity index (χ2n) is 5.40. The van der Waals surface area contributed by atoms with Crippen LogP contribution in [0.4, 0.5) is 0 Å². The van der Waals surface area contributed by atoms with Crippen molar-refractivity contribution in [1.82, 2.24) is 0 Å². The van der Waals surface area contributed by atoms with Crippen LogP contribution in [0.5, 0.6) is 0 Å². The molecule has 1 unspecified atom stereocenters. The molecule has 0 aliphatic heterocycles. The zero-order chi connectivity index (χ0) is 13.1. The first-order valence-corrected chi connectivity index (χ1v) is 7.67. The Morgan fingerprint density at radius 3 is 1.59 bits per heavy atom. The van der Waals surface area contributed by atoms with Crippen molar-refractivity contribution in [3.05, 3.63) is 0 Å². The second kappa shape index (κ2) is 10.8. The van der Waals surface area contributed by atoms with Gasteiger partial charge < -0.3 is 0 Å². The Morgan fingerprint density at radius 1 is 0.824 bits per heavy atom. The number of carbonyl (C=O) groups is 1. The molecule has 0 saturated heterocycles. The van der Waals surface area contributed by atoms with Crippen molar-refractivity contribution >= 4 is 5.78 Å². The van der Waals surface area contributed by atoms with Crippen LogP contribution in [0.3, 0.4) is 0 Å². The van der Waals surface area contributed by atoms with E-state index in [1.54, 1.807) is 6.92 Å². The van der Waals surface area contributed by atoms with Gasteiger partial charge in [0, 0.05) is 5.92 Å². The van der Waals surface area contributed by atoms with Crippen molar-refractivity contribution in [1.29, 1.82) is 0 Å². The summed E-state index contributed by atoms with van der Waals surface area (Å²) in [5, 5.41) is 0. The van der Waals surface area contributed by atoms with Gasteiger partial charge in [0.05, 0.1) is 0 Å². The molecule has 17 heavy (non-hydrogen) atoms. The molecule has 0 fully saturated rings. The van der Waals surface area contributed by atoms with E-state index in [1.807, 2.05) is 0 Å². The summed E-state index contributed by atoms with van der Waals surface area (Å²) in [7, 11) is 0. The SMILES string of the molecule is CCCCC(CCCC)C(CCCC)C(C)=O. The highest BCUT2D eigenvalue weighted by Crippen LogP contribution is 2.29. The van der Waals surface area contributed by atoms with E-state index in [-0.39, 0.29) is 0 Å². The monoisotopic (exact) mass is 240 g/mol. The van der Waals surface area contributed by atoms with E-state index < -0.39 is 0 Å². The van der Waals surface area contributed by atoms with Gasteiger partial charge in [-0.15, -0.1) is 0 Å². The fourth-order valence-corrected chi connectivity index (χ4v) is 2.67. The van der Waals surface area contributed by atoms with E-state index in [0.29, 0.717) is 17.6 Å². The summed E-state index contributed by atoms with van der Waals surface area (Å²) in [5.41, 5.74) is 0. The largest absolute Gasteiger partial charge is 0.300 e. The number of unbranched alkanes of at least 4 members (excludes halogenated alkanes) is 3. The van der Waals surface area contributed by atoms with Crippen LogP contribution in [0.1, 0.15) is 85.5 Å². The van der Waals surface area contributed by atoms with Crippen molar-refractivity contribution in [3.63, 3.8) is 0 Å². The Morgan fingerprint density at radius 2 is 1.24 bits per heavy atom. The smallest absolute Gasteiger partial charge is 0.133 e. The van der Waals surface area contributed by atoms with E-state index in [2.05, 4.69) is 20.8 Å². The quantitative estimate of drug-likeness (QED) is 0.474. The Bertz CT molecular complexity index is 178. The van der Waals surface area contributed by atoms with E-state index in [1.165, 1.54) is 51.4 Å². The lowest BCUT2D eigenvalue weighted by Gasteiger charge is -2.25. The van der Waals surface area contributed by atoms with Gasteiger partial charge in [0.2, 0.25) is 0 Å². The molecular weight excluding hydrogens is 208 g/mol. The van der Waals surface area contributed by atoms with Crippen LogP contribution in [0.15, 0.2) is 0 Å². The molecule has 0 spiro atoms. The van der Waals surface area contributed by atoms with Crippen molar-refractivity contribution in [2.24, 2.45) is 11.8 Å². The van der Waals surface area contributed by atoms with Crippen molar-refractivity contribution < 1.29 is 4.79 Å². The molecule has 0 radical (unpaired) electrons. The van der Waals surface area contributed by atoms with Crippen LogP contribution in [-0.2, 0) is 4.79 Å². The van der Waals surface area contributed by atoms with Crippen molar-refractivity contribution in [3.8, 4) is 0 Å². The number of carbonyl (C=O) groups excluding carboxylic acids is 1. The Labute approximate surface area is 108 Å². The minimum atomic E-state index is 0.341. The third-order valence-corrected chi connectivity index (χ3v) is 3.82. The summed E-state index contributed by atoms with van der Waals surface area (Å²) >= 11 is 0. The standard InChI is InChI=1S/C16H32O/c1-5-8-11-15(12-9-6-2)16(14(4)17)13-10-7-3/h15-16H,5-13H2,1-4H3. The van der Waals surface area contributed by atoms with Gasteiger partial charge in [-0.25, -0.2) is 0 Å². The van der Waals surface area contributed by atoms with Crippen LogP contribution in [-0.4, -0.2) is 5.78 Å². The summed E-state index contributed by atoms with van der Waals surface area (Å²) in [4.78, 5) is 11.8. The van der Waals surface area contributed by atoms with Gasteiger partial charge >= 0.3 is 0 Å². The summed E-state index contributed by atoms with van der Waals surface area (Å²) in [6, 6.07) is 0. The molecule has 0 bridgehead atoms. The summed E-state index contributed by atoms with van der Waals surface area (Å²) in [6.07, 6.45) is 11.1. The van der Waals surface area contributed by atoms with Gasteiger partial charge in [-0.3, -0.25) is 4.79 Å². The minimum Gasteiger partial charge on any atom is -0.300 e. The first-order chi connectivity index (χ1) is 8.17. The fourth-order valence-electron chi connectivity index (χ4n) is 2.67. The van der Waals surface area contributed by atoms with Gasteiger partial charge in [-0.1, -0.05) is 59.3 Å². The lowest BCUT2D eigenvalue weighted by molar-refractivity contribution is -0.122. The third kappa shape index (κ3) is 7.57. The summed E-state index contributed by atoms with van der Waals surface area (Å²) < 4.78 is 0. The zero-order valence-corrected chi connectivity index (χ0v) is 12.4. The van der Waals surface area contributed by atoms with Gasteiger partial charge in [-0.2, -0.15) is 0 Å². The number of Topliss-reactive ketones (excluding diaryl/α,β-unsaturated/α-hetero) is 1. The maximum absolute atomic E-state index is 11.8. The maximum Gasteiger partial charge on any atom is 0.133 e. The Hall–Kier alpha value is -0.330. The minimum absolute atomic E-state index is 0.341. The van der Waals surface area contributed by atoms with E-state index in [4.69, 9.17) is 0 Å². The average Bonchev–Trinajstić information content (AvgIpc) is 2.31. The zero-order valence-electron chi connectivity index (χ0n) is 12.4. The molecule has 0 amide bonds. The van der Waals surface area contributed by atoms with Crippen LogP contribution in [0.2, 0.25) is 0 Å². The van der Waals surface area contributed by atoms with Crippen molar-refractivity contribution in [2.75, 3.05) is 0 Å². The highest BCUT2D eigenvalue weighted by Gasteiger charge is 2.23. The molecule has 1 heteroatoms. The molecule has 0 aliphatic rings. The molecule has 1 atom stereocenters. The molecule has 0 rings (SSSR count).